The van der Waals surface area contributed by atoms with Gasteiger partial charge in [0.15, 0.2) is 0 Å². The van der Waals surface area contributed by atoms with Crippen LogP contribution in [0.5, 0.6) is 0 Å². The third kappa shape index (κ3) is 5.07. The van der Waals surface area contributed by atoms with Crippen molar-refractivity contribution in [2.45, 2.75) is 25.3 Å². The Kier molecular flexibility index (Phi) is 7.93. The number of hydrogen-bond donors (Lipinski definition) is 1. The van der Waals surface area contributed by atoms with Crippen LogP contribution in [0.3, 0.4) is 0 Å². The summed E-state index contributed by atoms with van der Waals surface area (Å²) in [5, 5.41) is 3.39. The molecule has 1 aliphatic heterocycles. The highest BCUT2D eigenvalue weighted by molar-refractivity contribution is 9.10. The second-order valence-electron chi connectivity index (χ2n) is 5.65. The van der Waals surface area contributed by atoms with Gasteiger partial charge in [0.05, 0.1) is 0 Å². The van der Waals surface area contributed by atoms with Crippen molar-refractivity contribution in [2.24, 2.45) is 5.92 Å². The molecule has 3 rings (SSSR count). The zero-order valence-electron chi connectivity index (χ0n) is 11.9. The molecule has 120 valence electrons. The van der Waals surface area contributed by atoms with Crippen molar-refractivity contribution in [2.75, 3.05) is 26.2 Å². The molecular formula is C15H22BrCl2FN2. The Morgan fingerprint density at radius 3 is 2.52 bits per heavy atom. The average Bonchev–Trinajstić information content (AvgIpc) is 3.24. The summed E-state index contributed by atoms with van der Waals surface area (Å²) in [6.07, 6.45) is 3.85. The van der Waals surface area contributed by atoms with Gasteiger partial charge in [-0.25, -0.2) is 4.39 Å². The second kappa shape index (κ2) is 8.68. The van der Waals surface area contributed by atoms with Crippen molar-refractivity contribution >= 4 is 40.7 Å². The van der Waals surface area contributed by atoms with Gasteiger partial charge < -0.3 is 5.32 Å². The van der Waals surface area contributed by atoms with Gasteiger partial charge in [0.1, 0.15) is 5.82 Å². The van der Waals surface area contributed by atoms with Crippen molar-refractivity contribution in [1.29, 1.82) is 0 Å². The zero-order valence-corrected chi connectivity index (χ0v) is 15.1. The highest BCUT2D eigenvalue weighted by Crippen LogP contribution is 2.41. The maximum atomic E-state index is 13.6. The lowest BCUT2D eigenvalue weighted by Gasteiger charge is -2.36. The standard InChI is InChI=1S/C15H20BrFN2.2ClH/c16-14-4-3-12(17)10-13(14)15(9-11-1-2-11)19-7-5-18-6-8-19;;/h3-4,10-11,15,18H,1-2,5-9H2;2*1H/t15-;;/m0../s1. The monoisotopic (exact) mass is 398 g/mol. The highest BCUT2D eigenvalue weighted by atomic mass is 79.9. The van der Waals surface area contributed by atoms with Crippen molar-refractivity contribution in [3.63, 3.8) is 0 Å². The molecule has 1 aromatic rings. The fourth-order valence-electron chi connectivity index (χ4n) is 2.91. The molecule has 2 nitrogen and oxygen atoms in total. The van der Waals surface area contributed by atoms with Crippen LogP contribution in [0.2, 0.25) is 0 Å². The molecule has 1 atom stereocenters. The van der Waals surface area contributed by atoms with Crippen LogP contribution in [-0.4, -0.2) is 31.1 Å². The van der Waals surface area contributed by atoms with Gasteiger partial charge in [0.25, 0.3) is 0 Å². The van der Waals surface area contributed by atoms with Crippen LogP contribution in [0, 0.1) is 11.7 Å². The molecule has 0 bridgehead atoms. The van der Waals surface area contributed by atoms with E-state index in [4.69, 9.17) is 0 Å². The quantitative estimate of drug-likeness (QED) is 0.816. The number of benzene rings is 1. The minimum absolute atomic E-state index is 0. The van der Waals surface area contributed by atoms with Gasteiger partial charge in [-0.3, -0.25) is 4.90 Å². The summed E-state index contributed by atoms with van der Waals surface area (Å²) in [6.45, 7) is 4.18. The molecule has 1 N–H and O–H groups in total. The largest absolute Gasteiger partial charge is 0.314 e. The normalized spacial score (nSPS) is 20.3. The first-order valence-electron chi connectivity index (χ1n) is 7.14. The van der Waals surface area contributed by atoms with E-state index in [2.05, 4.69) is 26.1 Å². The van der Waals surface area contributed by atoms with Gasteiger partial charge in [-0.05, 0) is 36.1 Å². The number of nitrogens with zero attached hydrogens (tertiary/aromatic N) is 1. The molecule has 21 heavy (non-hydrogen) atoms. The molecule has 1 aliphatic carbocycles. The number of halogens is 4. The van der Waals surface area contributed by atoms with Crippen LogP contribution in [0.25, 0.3) is 0 Å². The molecule has 2 fully saturated rings. The second-order valence-corrected chi connectivity index (χ2v) is 6.50. The predicted molar refractivity (Wildman–Crippen MR) is 93.1 cm³/mol. The lowest BCUT2D eigenvalue weighted by Crippen LogP contribution is -2.45. The molecule has 1 heterocycles. The highest BCUT2D eigenvalue weighted by Gasteiger charge is 2.31. The Labute approximate surface area is 146 Å². The van der Waals surface area contributed by atoms with E-state index in [1.165, 1.54) is 25.3 Å². The van der Waals surface area contributed by atoms with E-state index in [0.717, 1.165) is 42.1 Å². The summed E-state index contributed by atoms with van der Waals surface area (Å²) < 4.78 is 14.6. The first-order valence-corrected chi connectivity index (χ1v) is 7.93. The van der Waals surface area contributed by atoms with E-state index < -0.39 is 0 Å². The van der Waals surface area contributed by atoms with Crippen LogP contribution in [0.1, 0.15) is 30.9 Å². The summed E-state index contributed by atoms with van der Waals surface area (Å²) in [7, 11) is 0. The fourth-order valence-corrected chi connectivity index (χ4v) is 3.42. The van der Waals surface area contributed by atoms with Gasteiger partial charge in [0.2, 0.25) is 0 Å². The smallest absolute Gasteiger partial charge is 0.123 e. The Hall–Kier alpha value is 0.130. The Bertz CT molecular complexity index is 451. The molecule has 2 aliphatic rings. The van der Waals surface area contributed by atoms with E-state index in [1.807, 2.05) is 6.07 Å². The summed E-state index contributed by atoms with van der Waals surface area (Å²) in [5.74, 6) is 0.712. The van der Waals surface area contributed by atoms with Crippen molar-refractivity contribution in [1.82, 2.24) is 10.2 Å². The Morgan fingerprint density at radius 1 is 1.24 bits per heavy atom. The summed E-state index contributed by atoms with van der Waals surface area (Å²) in [5.41, 5.74) is 1.12. The van der Waals surface area contributed by atoms with E-state index in [0.29, 0.717) is 6.04 Å². The molecule has 0 unspecified atom stereocenters. The van der Waals surface area contributed by atoms with Crippen LogP contribution in [0.15, 0.2) is 22.7 Å². The minimum Gasteiger partial charge on any atom is -0.314 e. The first kappa shape index (κ1) is 19.2. The molecule has 1 aromatic carbocycles. The summed E-state index contributed by atoms with van der Waals surface area (Å²) in [4.78, 5) is 2.51. The third-order valence-corrected chi connectivity index (χ3v) is 4.89. The topological polar surface area (TPSA) is 15.3 Å². The molecule has 6 heteroatoms. The molecule has 0 amide bonds. The van der Waals surface area contributed by atoms with E-state index in [9.17, 15) is 4.39 Å². The SMILES string of the molecule is Cl.Cl.Fc1ccc(Br)c([C@H](CC2CC2)N2CCNCC2)c1. The third-order valence-electron chi connectivity index (χ3n) is 4.16. The van der Waals surface area contributed by atoms with E-state index in [-0.39, 0.29) is 30.6 Å². The Morgan fingerprint density at radius 2 is 1.90 bits per heavy atom. The first-order chi connectivity index (χ1) is 9.24. The molecule has 0 radical (unpaired) electrons. The average molecular weight is 400 g/mol. The van der Waals surface area contributed by atoms with Crippen LogP contribution >= 0.6 is 40.7 Å². The molecule has 1 saturated heterocycles. The Balaban J connectivity index is 0.00000110. The minimum atomic E-state index is -0.130. The van der Waals surface area contributed by atoms with Gasteiger partial charge in [-0.1, -0.05) is 28.8 Å². The fraction of sp³-hybridized carbons (Fsp3) is 0.600. The van der Waals surface area contributed by atoms with Crippen molar-refractivity contribution < 1.29 is 4.39 Å². The number of hydrogen-bond acceptors (Lipinski definition) is 2. The lowest BCUT2D eigenvalue weighted by molar-refractivity contribution is 0.160. The summed E-state index contributed by atoms with van der Waals surface area (Å²) >= 11 is 3.60. The molecular weight excluding hydrogens is 378 g/mol. The summed E-state index contributed by atoms with van der Waals surface area (Å²) in [6, 6.07) is 5.44. The van der Waals surface area contributed by atoms with Crippen LogP contribution in [0.4, 0.5) is 4.39 Å². The number of nitrogens with one attached hydrogen (secondary N) is 1. The number of rotatable bonds is 4. The van der Waals surface area contributed by atoms with Gasteiger partial charge in [0, 0.05) is 36.7 Å². The molecule has 0 aromatic heterocycles. The number of piperazine rings is 1. The maximum Gasteiger partial charge on any atom is 0.123 e. The van der Waals surface area contributed by atoms with Gasteiger partial charge in [-0.2, -0.15) is 0 Å². The molecule has 1 saturated carbocycles. The lowest BCUT2D eigenvalue weighted by atomic mass is 9.98. The maximum absolute atomic E-state index is 13.6. The zero-order chi connectivity index (χ0) is 13.2. The van der Waals surface area contributed by atoms with Crippen LogP contribution < -0.4 is 5.32 Å². The van der Waals surface area contributed by atoms with Gasteiger partial charge in [-0.15, -0.1) is 24.8 Å². The molecule has 0 spiro atoms. The predicted octanol–water partition coefficient (Wildman–Crippen LogP) is 4.18. The van der Waals surface area contributed by atoms with Crippen molar-refractivity contribution in [3.05, 3.63) is 34.1 Å². The van der Waals surface area contributed by atoms with Crippen LogP contribution in [-0.2, 0) is 0 Å². The van der Waals surface area contributed by atoms with E-state index in [1.54, 1.807) is 6.07 Å². The van der Waals surface area contributed by atoms with E-state index >= 15 is 0 Å². The van der Waals surface area contributed by atoms with Gasteiger partial charge >= 0.3 is 0 Å². The van der Waals surface area contributed by atoms with Crippen molar-refractivity contribution in [3.8, 4) is 0 Å².